The fraction of sp³-hybridized carbons (Fsp3) is 0. The molecule has 100 valence electrons. The zero-order valence-corrected chi connectivity index (χ0v) is 11.5. The number of hydrogen-bond donors (Lipinski definition) is 1. The highest BCUT2D eigenvalue weighted by Crippen LogP contribution is 2.27. The van der Waals surface area contributed by atoms with E-state index in [1.54, 1.807) is 35.8 Å². The monoisotopic (exact) mass is 306 g/mol. The maximum atomic E-state index is 11.3. The topological polar surface area (TPSA) is 80.9 Å². The Kier molecular flexibility index (Phi) is 3.21. The van der Waals surface area contributed by atoms with E-state index in [1.807, 2.05) is 0 Å². The normalized spacial score (nSPS) is 10.7. The van der Waals surface area contributed by atoms with Crippen molar-refractivity contribution >= 4 is 28.9 Å². The number of aromatic nitrogens is 4. The van der Waals surface area contributed by atoms with Crippen molar-refractivity contribution in [3.63, 3.8) is 0 Å². The average molecular weight is 307 g/mol. The van der Waals surface area contributed by atoms with Gasteiger partial charge < -0.3 is 5.11 Å². The highest BCUT2D eigenvalue weighted by molar-refractivity contribution is 7.12. The molecule has 0 radical (unpaired) electrons. The van der Waals surface area contributed by atoms with Crippen LogP contribution in [0.4, 0.5) is 0 Å². The molecule has 2 aromatic heterocycles. The molecule has 3 aromatic rings. The van der Waals surface area contributed by atoms with Gasteiger partial charge in [0.1, 0.15) is 5.69 Å². The predicted octanol–water partition coefficient (Wildman–Crippen LogP) is 2.74. The van der Waals surface area contributed by atoms with E-state index in [2.05, 4.69) is 15.3 Å². The summed E-state index contributed by atoms with van der Waals surface area (Å²) in [5.74, 6) is -1.15. The molecule has 0 bridgehead atoms. The number of rotatable bonds is 3. The van der Waals surface area contributed by atoms with E-state index in [-0.39, 0.29) is 5.69 Å². The first-order valence-electron chi connectivity index (χ1n) is 5.51. The van der Waals surface area contributed by atoms with Gasteiger partial charge in [-0.25, -0.2) is 9.78 Å². The van der Waals surface area contributed by atoms with Gasteiger partial charge in [0.05, 0.1) is 0 Å². The molecule has 2 heterocycles. The number of hydrogen-bond acceptors (Lipinski definition) is 5. The van der Waals surface area contributed by atoms with Crippen LogP contribution in [0, 0.1) is 0 Å². The Labute approximate surface area is 122 Å². The second kappa shape index (κ2) is 5.03. The molecule has 0 atom stereocenters. The first kappa shape index (κ1) is 12.8. The van der Waals surface area contributed by atoms with Crippen molar-refractivity contribution in [2.24, 2.45) is 0 Å². The lowest BCUT2D eigenvalue weighted by Crippen LogP contribution is -2.02. The van der Waals surface area contributed by atoms with Gasteiger partial charge in [-0.3, -0.25) is 0 Å². The molecule has 20 heavy (non-hydrogen) atoms. The maximum absolute atomic E-state index is 11.3. The van der Waals surface area contributed by atoms with E-state index < -0.39 is 5.97 Å². The van der Waals surface area contributed by atoms with Crippen LogP contribution in [0.2, 0.25) is 5.02 Å². The number of nitrogens with zero attached hydrogens (tertiary/aromatic N) is 4. The Hall–Kier alpha value is -2.25. The van der Waals surface area contributed by atoms with Gasteiger partial charge in [-0.15, -0.1) is 16.4 Å². The molecular formula is C12H7ClN4O2S. The molecule has 0 aliphatic carbocycles. The molecule has 0 aliphatic heterocycles. The highest BCUT2D eigenvalue weighted by atomic mass is 35.5. The fourth-order valence-electron chi connectivity index (χ4n) is 1.78. The molecular weight excluding hydrogens is 300 g/mol. The van der Waals surface area contributed by atoms with Crippen molar-refractivity contribution in [2.45, 2.75) is 0 Å². The number of halogens is 1. The van der Waals surface area contributed by atoms with Gasteiger partial charge in [0.25, 0.3) is 0 Å². The Morgan fingerprint density at radius 3 is 2.90 bits per heavy atom. The molecule has 0 spiro atoms. The van der Waals surface area contributed by atoms with Crippen LogP contribution in [-0.2, 0) is 0 Å². The summed E-state index contributed by atoms with van der Waals surface area (Å²) >= 11 is 7.30. The average Bonchev–Trinajstić information content (AvgIpc) is 3.07. The zero-order valence-electron chi connectivity index (χ0n) is 9.89. The SMILES string of the molecule is O=C(O)c1nnn(-c2nccs2)c1-c1cccc(Cl)c1. The van der Waals surface area contributed by atoms with E-state index in [9.17, 15) is 9.90 Å². The second-order valence-corrected chi connectivity index (χ2v) is 5.14. The largest absolute Gasteiger partial charge is 0.476 e. The Morgan fingerprint density at radius 1 is 1.40 bits per heavy atom. The molecule has 1 N–H and O–H groups in total. The van der Waals surface area contributed by atoms with Crippen molar-refractivity contribution in [3.8, 4) is 16.4 Å². The van der Waals surface area contributed by atoms with Crippen LogP contribution < -0.4 is 0 Å². The summed E-state index contributed by atoms with van der Waals surface area (Å²) in [6.07, 6.45) is 1.61. The molecule has 0 amide bonds. The maximum Gasteiger partial charge on any atom is 0.358 e. The molecule has 0 unspecified atom stereocenters. The van der Waals surface area contributed by atoms with E-state index in [0.717, 1.165) is 0 Å². The molecule has 1 aromatic carbocycles. The quantitative estimate of drug-likeness (QED) is 0.804. The summed E-state index contributed by atoms with van der Waals surface area (Å²) in [6.45, 7) is 0. The molecule has 6 nitrogen and oxygen atoms in total. The number of carbonyl (C=O) groups is 1. The smallest absolute Gasteiger partial charge is 0.358 e. The minimum atomic E-state index is -1.15. The lowest BCUT2D eigenvalue weighted by atomic mass is 10.1. The second-order valence-electron chi connectivity index (χ2n) is 3.83. The van der Waals surface area contributed by atoms with E-state index in [1.165, 1.54) is 16.0 Å². The Balaban J connectivity index is 2.26. The molecule has 0 saturated carbocycles. The number of carboxylic acid groups (broad SMARTS) is 1. The van der Waals surface area contributed by atoms with Gasteiger partial charge in [-0.2, -0.15) is 4.68 Å². The number of benzene rings is 1. The third kappa shape index (κ3) is 2.17. The first-order valence-corrected chi connectivity index (χ1v) is 6.77. The van der Waals surface area contributed by atoms with Gasteiger partial charge in [0.15, 0.2) is 5.69 Å². The third-order valence-electron chi connectivity index (χ3n) is 2.57. The minimum Gasteiger partial charge on any atom is -0.476 e. The number of carboxylic acids is 1. The summed E-state index contributed by atoms with van der Waals surface area (Å²) in [4.78, 5) is 15.4. The number of aromatic carboxylic acids is 1. The fourth-order valence-corrected chi connectivity index (χ4v) is 2.56. The van der Waals surface area contributed by atoms with Crippen LogP contribution in [0.3, 0.4) is 0 Å². The molecule has 3 rings (SSSR count). The van der Waals surface area contributed by atoms with Gasteiger partial charge >= 0.3 is 5.97 Å². The van der Waals surface area contributed by atoms with Crippen LogP contribution in [0.15, 0.2) is 35.8 Å². The lowest BCUT2D eigenvalue weighted by Gasteiger charge is -2.04. The van der Waals surface area contributed by atoms with E-state index >= 15 is 0 Å². The number of thiazole rings is 1. The van der Waals surface area contributed by atoms with Crippen LogP contribution in [-0.4, -0.2) is 31.1 Å². The summed E-state index contributed by atoms with van der Waals surface area (Å²) in [6, 6.07) is 6.86. The van der Waals surface area contributed by atoms with Gasteiger partial charge in [-0.05, 0) is 12.1 Å². The molecule has 0 aliphatic rings. The third-order valence-corrected chi connectivity index (χ3v) is 3.55. The van der Waals surface area contributed by atoms with Gasteiger partial charge in [0, 0.05) is 22.2 Å². The van der Waals surface area contributed by atoms with Crippen molar-refractivity contribution < 1.29 is 9.90 Å². The van der Waals surface area contributed by atoms with Crippen LogP contribution in [0.1, 0.15) is 10.5 Å². The van der Waals surface area contributed by atoms with Crippen molar-refractivity contribution in [1.82, 2.24) is 20.0 Å². The van der Waals surface area contributed by atoms with E-state index in [0.29, 0.717) is 21.4 Å². The highest BCUT2D eigenvalue weighted by Gasteiger charge is 2.22. The summed E-state index contributed by atoms with van der Waals surface area (Å²) in [5, 5.41) is 19.7. The van der Waals surface area contributed by atoms with Crippen molar-refractivity contribution in [3.05, 3.63) is 46.6 Å². The zero-order chi connectivity index (χ0) is 14.1. The predicted molar refractivity (Wildman–Crippen MR) is 74.4 cm³/mol. The Bertz CT molecular complexity index is 770. The lowest BCUT2D eigenvalue weighted by molar-refractivity contribution is 0.0691. The summed E-state index contributed by atoms with van der Waals surface area (Å²) in [5.41, 5.74) is 0.840. The Morgan fingerprint density at radius 2 is 2.25 bits per heavy atom. The van der Waals surface area contributed by atoms with Crippen LogP contribution in [0.5, 0.6) is 0 Å². The van der Waals surface area contributed by atoms with Crippen molar-refractivity contribution in [1.29, 1.82) is 0 Å². The standard InChI is InChI=1S/C12H7ClN4O2S/c13-8-3-1-2-7(6-8)10-9(11(18)19)15-16-17(10)12-14-4-5-20-12/h1-6H,(H,18,19). The van der Waals surface area contributed by atoms with E-state index in [4.69, 9.17) is 11.6 Å². The van der Waals surface area contributed by atoms with Gasteiger partial charge in [0.2, 0.25) is 5.13 Å². The molecule has 0 saturated heterocycles. The summed E-state index contributed by atoms with van der Waals surface area (Å²) in [7, 11) is 0. The first-order chi connectivity index (χ1) is 9.66. The van der Waals surface area contributed by atoms with Gasteiger partial charge in [-0.1, -0.05) is 28.9 Å². The van der Waals surface area contributed by atoms with Crippen molar-refractivity contribution in [2.75, 3.05) is 0 Å². The minimum absolute atomic E-state index is 0.137. The summed E-state index contributed by atoms with van der Waals surface area (Å²) < 4.78 is 1.40. The van der Waals surface area contributed by atoms with Crippen LogP contribution >= 0.6 is 22.9 Å². The van der Waals surface area contributed by atoms with Crippen LogP contribution in [0.25, 0.3) is 16.4 Å². The molecule has 8 heteroatoms. The molecule has 0 fully saturated rings.